The van der Waals surface area contributed by atoms with Crippen LogP contribution in [0.5, 0.6) is 5.75 Å². The number of amides is 1. The molecule has 0 unspecified atom stereocenters. The van der Waals surface area contributed by atoms with Crippen LogP contribution in [0.4, 0.5) is 30.5 Å². The number of alkyl halides is 3. The van der Waals surface area contributed by atoms with E-state index in [4.69, 9.17) is 4.74 Å². The van der Waals surface area contributed by atoms with Crippen LogP contribution in [-0.4, -0.2) is 68.1 Å². The van der Waals surface area contributed by atoms with Crippen LogP contribution in [0.1, 0.15) is 21.5 Å². The van der Waals surface area contributed by atoms with Gasteiger partial charge in [-0.2, -0.15) is 0 Å². The molecule has 1 aliphatic heterocycles. The van der Waals surface area contributed by atoms with Gasteiger partial charge in [0, 0.05) is 48.4 Å². The third-order valence-corrected chi connectivity index (χ3v) is 8.08. The third-order valence-electron chi connectivity index (χ3n) is 6.98. The number of carbonyl (C=O) groups is 1. The van der Waals surface area contributed by atoms with Gasteiger partial charge in [-0.15, -0.1) is 13.2 Å². The van der Waals surface area contributed by atoms with E-state index in [1.165, 1.54) is 12.1 Å². The van der Waals surface area contributed by atoms with E-state index in [2.05, 4.69) is 30.2 Å². The van der Waals surface area contributed by atoms with E-state index in [0.29, 0.717) is 24.5 Å². The summed E-state index contributed by atoms with van der Waals surface area (Å²) in [6.07, 6.45) is -2.76. The molecule has 1 fully saturated rings. The Labute approximate surface area is 258 Å². The zero-order valence-corrected chi connectivity index (χ0v) is 25.2. The topological polar surface area (TPSA) is 123 Å². The van der Waals surface area contributed by atoms with Crippen LogP contribution in [0.15, 0.2) is 77.8 Å². The van der Waals surface area contributed by atoms with Crippen LogP contribution >= 0.6 is 0 Å². The van der Waals surface area contributed by atoms with E-state index >= 15 is 0 Å². The van der Waals surface area contributed by atoms with Crippen molar-refractivity contribution in [3.05, 3.63) is 89.6 Å². The molecule has 10 nitrogen and oxygen atoms in total. The van der Waals surface area contributed by atoms with Crippen LogP contribution < -0.4 is 15.4 Å². The molecule has 4 aromatic rings. The first kappa shape index (κ1) is 31.9. The van der Waals surface area contributed by atoms with Gasteiger partial charge in [0.1, 0.15) is 10.6 Å². The molecule has 0 spiro atoms. The van der Waals surface area contributed by atoms with Crippen LogP contribution in [0.3, 0.4) is 0 Å². The summed E-state index contributed by atoms with van der Waals surface area (Å²) in [7, 11) is -3.78. The number of aromatic nitrogens is 2. The van der Waals surface area contributed by atoms with Crippen molar-refractivity contribution in [3.8, 4) is 17.0 Å². The van der Waals surface area contributed by atoms with Crippen LogP contribution in [-0.2, 0) is 21.1 Å². The number of carbonyl (C=O) groups excluding carboxylic acids is 1. The van der Waals surface area contributed by atoms with Crippen molar-refractivity contribution in [1.29, 1.82) is 0 Å². The van der Waals surface area contributed by atoms with E-state index in [1.54, 1.807) is 24.3 Å². The van der Waals surface area contributed by atoms with Crippen molar-refractivity contribution >= 4 is 33.1 Å². The minimum atomic E-state index is -4.87. The number of aryl methyl sites for hydroxylation is 1. The maximum Gasteiger partial charge on any atom is 0.573 e. The second kappa shape index (κ2) is 13.2. The van der Waals surface area contributed by atoms with Gasteiger partial charge in [-0.25, -0.2) is 18.4 Å². The molecular formula is C31H30F3N5O5S. The molecule has 1 aliphatic rings. The predicted octanol–water partition coefficient (Wildman–Crippen LogP) is 5.58. The Morgan fingerprint density at radius 1 is 1.02 bits per heavy atom. The molecule has 0 saturated carbocycles. The van der Waals surface area contributed by atoms with Crippen LogP contribution in [0.2, 0.25) is 0 Å². The number of morpholine rings is 1. The molecule has 1 saturated heterocycles. The molecule has 2 heterocycles. The highest BCUT2D eigenvalue weighted by Gasteiger charge is 2.31. The van der Waals surface area contributed by atoms with Gasteiger partial charge < -0.3 is 20.1 Å². The Bertz CT molecular complexity index is 1780. The van der Waals surface area contributed by atoms with Crippen molar-refractivity contribution in [2.45, 2.75) is 24.7 Å². The molecule has 14 heteroatoms. The van der Waals surface area contributed by atoms with Gasteiger partial charge in [0.25, 0.3) is 5.91 Å². The summed E-state index contributed by atoms with van der Waals surface area (Å²) in [6.45, 7) is 5.82. The Hall–Kier alpha value is -4.53. The lowest BCUT2D eigenvalue weighted by Gasteiger charge is -2.26. The number of benzene rings is 3. The summed E-state index contributed by atoms with van der Waals surface area (Å²) in [5.74, 6) is -0.709. The number of sulfone groups is 1. The first-order valence-electron chi connectivity index (χ1n) is 13.9. The predicted molar refractivity (Wildman–Crippen MR) is 162 cm³/mol. The molecule has 5 rings (SSSR count). The highest BCUT2D eigenvalue weighted by Crippen LogP contribution is 2.30. The smallest absolute Gasteiger partial charge is 0.406 e. The van der Waals surface area contributed by atoms with Crippen molar-refractivity contribution in [2.75, 3.05) is 43.2 Å². The summed E-state index contributed by atoms with van der Waals surface area (Å²) in [5.41, 5.74) is 3.90. The molecule has 1 amide bonds. The molecule has 0 radical (unpaired) electrons. The molecule has 0 atom stereocenters. The lowest BCUT2D eigenvalue weighted by molar-refractivity contribution is -0.274. The highest BCUT2D eigenvalue weighted by atomic mass is 32.2. The summed E-state index contributed by atoms with van der Waals surface area (Å²) in [4.78, 5) is 23.6. The normalized spacial score (nSPS) is 14.2. The number of halogens is 3. The molecular weight excluding hydrogens is 611 g/mol. The standard InChI is InChI=1S/C31H30F3N5O5S/c1-20-3-4-21(19-39-13-15-43-16-14-39)17-26(20)37-29(40)23-5-9-24(10-6-23)36-30-35-18-27(45(2,41)42)28(38-30)22-7-11-25(12-8-22)44-31(32,33)34/h3-12,17-18H,13-16,19H2,1-2H3,(H,37,40)(H,35,36,38). The zero-order chi connectivity index (χ0) is 32.2. The summed E-state index contributed by atoms with van der Waals surface area (Å²) in [6, 6.07) is 17.2. The quantitative estimate of drug-likeness (QED) is 0.241. The number of anilines is 3. The number of hydrogen-bond acceptors (Lipinski definition) is 9. The van der Waals surface area contributed by atoms with Crippen molar-refractivity contribution < 1.29 is 35.9 Å². The van der Waals surface area contributed by atoms with E-state index in [0.717, 1.165) is 61.0 Å². The number of ether oxygens (including phenoxy) is 2. The average Bonchev–Trinajstić information content (AvgIpc) is 2.99. The molecule has 3 aromatic carbocycles. The van der Waals surface area contributed by atoms with Gasteiger partial charge in [-0.3, -0.25) is 9.69 Å². The van der Waals surface area contributed by atoms with Crippen molar-refractivity contribution in [2.24, 2.45) is 0 Å². The van der Waals surface area contributed by atoms with E-state index in [9.17, 15) is 26.4 Å². The lowest BCUT2D eigenvalue weighted by Crippen LogP contribution is -2.35. The van der Waals surface area contributed by atoms with Crippen molar-refractivity contribution in [3.63, 3.8) is 0 Å². The third kappa shape index (κ3) is 8.56. The fourth-order valence-electron chi connectivity index (χ4n) is 4.67. The minimum absolute atomic E-state index is 0.00391. The Balaban J connectivity index is 1.29. The van der Waals surface area contributed by atoms with Crippen LogP contribution in [0.25, 0.3) is 11.3 Å². The lowest BCUT2D eigenvalue weighted by atomic mass is 10.1. The van der Waals surface area contributed by atoms with E-state index < -0.39 is 21.9 Å². The average molecular weight is 642 g/mol. The molecule has 0 bridgehead atoms. The second-order valence-corrected chi connectivity index (χ2v) is 12.4. The molecule has 0 aliphatic carbocycles. The SMILES string of the molecule is Cc1ccc(CN2CCOCC2)cc1NC(=O)c1ccc(Nc2ncc(S(C)(=O)=O)c(-c3ccc(OC(F)(F)F)cc3)n2)cc1. The largest absolute Gasteiger partial charge is 0.573 e. The first-order chi connectivity index (χ1) is 21.3. The molecule has 1 aromatic heterocycles. The second-order valence-electron chi connectivity index (χ2n) is 10.4. The molecule has 45 heavy (non-hydrogen) atoms. The van der Waals surface area contributed by atoms with Gasteiger partial charge in [0.15, 0.2) is 9.84 Å². The Morgan fingerprint density at radius 3 is 2.36 bits per heavy atom. The fourth-order valence-corrected chi connectivity index (χ4v) is 5.43. The number of nitrogens with one attached hydrogen (secondary N) is 2. The maximum atomic E-state index is 13.1. The molecule has 2 N–H and O–H groups in total. The summed E-state index contributed by atoms with van der Waals surface area (Å²) in [5, 5.41) is 5.95. The minimum Gasteiger partial charge on any atom is -0.406 e. The van der Waals surface area contributed by atoms with Gasteiger partial charge >= 0.3 is 6.36 Å². The van der Waals surface area contributed by atoms with Gasteiger partial charge in [0.2, 0.25) is 5.95 Å². The Kier molecular flexibility index (Phi) is 9.37. The maximum absolute atomic E-state index is 13.1. The molecule has 236 valence electrons. The monoisotopic (exact) mass is 641 g/mol. The first-order valence-corrected chi connectivity index (χ1v) is 15.7. The van der Waals surface area contributed by atoms with Gasteiger partial charge in [-0.05, 0) is 72.6 Å². The number of rotatable bonds is 9. The zero-order valence-electron chi connectivity index (χ0n) is 24.4. The summed E-state index contributed by atoms with van der Waals surface area (Å²) >= 11 is 0. The van der Waals surface area contributed by atoms with Gasteiger partial charge in [-0.1, -0.05) is 12.1 Å². The van der Waals surface area contributed by atoms with E-state index in [1.807, 2.05) is 25.1 Å². The van der Waals surface area contributed by atoms with Crippen molar-refractivity contribution in [1.82, 2.24) is 14.9 Å². The Morgan fingerprint density at radius 2 is 1.71 bits per heavy atom. The number of hydrogen-bond donors (Lipinski definition) is 2. The fraction of sp³-hybridized carbons (Fsp3) is 0.258. The number of nitrogens with zero attached hydrogens (tertiary/aromatic N) is 3. The van der Waals surface area contributed by atoms with Gasteiger partial charge in [0.05, 0.1) is 25.1 Å². The van der Waals surface area contributed by atoms with Crippen LogP contribution in [0, 0.1) is 6.92 Å². The highest BCUT2D eigenvalue weighted by molar-refractivity contribution is 7.90. The summed E-state index contributed by atoms with van der Waals surface area (Å²) < 4.78 is 71.8. The van der Waals surface area contributed by atoms with E-state index in [-0.39, 0.29) is 28.0 Å².